The third kappa shape index (κ3) is 6.79. The minimum absolute atomic E-state index is 0.167. The van der Waals surface area contributed by atoms with E-state index in [9.17, 15) is 14.4 Å². The molecule has 0 unspecified atom stereocenters. The molecule has 0 saturated carbocycles. The van der Waals surface area contributed by atoms with Crippen molar-refractivity contribution in [2.45, 2.75) is 13.5 Å². The number of para-hydroxylation sites is 1. The zero-order valence-electron chi connectivity index (χ0n) is 20.0. The van der Waals surface area contributed by atoms with Crippen LogP contribution in [0.15, 0.2) is 74.5 Å². The van der Waals surface area contributed by atoms with Crippen molar-refractivity contribution >= 4 is 84.0 Å². The van der Waals surface area contributed by atoms with Crippen LogP contribution >= 0.6 is 55.2 Å². The average Bonchev–Trinajstić information content (AvgIpc) is 3.13. The number of thioether (sulfide) groups is 1. The van der Waals surface area contributed by atoms with Gasteiger partial charge < -0.3 is 14.8 Å². The summed E-state index contributed by atoms with van der Waals surface area (Å²) in [5, 5.41) is 2.78. The summed E-state index contributed by atoms with van der Waals surface area (Å²) in [6.07, 6.45) is 1.63. The Hall–Kier alpha value is -2.79. The number of carbonyl (C=O) groups excluding carboxylic acids is 3. The summed E-state index contributed by atoms with van der Waals surface area (Å²) in [6, 6.07) is 17.8. The minimum atomic E-state index is -0.393. The zero-order valence-corrected chi connectivity index (χ0v) is 24.7. The molecule has 7 nitrogen and oxygen atoms in total. The van der Waals surface area contributed by atoms with Crippen LogP contribution in [0, 0.1) is 0 Å². The first kappa shape index (κ1) is 28.2. The van der Waals surface area contributed by atoms with Crippen molar-refractivity contribution < 1.29 is 23.9 Å². The monoisotopic (exact) mass is 678 g/mol. The van der Waals surface area contributed by atoms with E-state index in [0.29, 0.717) is 43.8 Å². The maximum atomic E-state index is 13.0. The van der Waals surface area contributed by atoms with Crippen LogP contribution in [0.2, 0.25) is 5.02 Å². The zero-order chi connectivity index (χ0) is 27.2. The normalized spacial score (nSPS) is 14.2. The number of ether oxygens (including phenoxy) is 2. The van der Waals surface area contributed by atoms with E-state index in [1.165, 1.54) is 4.90 Å². The molecule has 0 atom stereocenters. The standard InChI is InChI=1S/C27H21Br2ClN2O5S/c1-2-36-22-12-16(11-19(29)25(22)37-15-24(33)31-21-10-6-5-9-20(21)30)13-23-26(34)32(27(35)38-23)14-17-7-3-4-8-18(17)28/h3-13H,2,14-15H2,1H3,(H,31,33)/b23-13-. The van der Waals surface area contributed by atoms with Crippen molar-refractivity contribution in [1.82, 2.24) is 4.90 Å². The molecule has 3 amide bonds. The van der Waals surface area contributed by atoms with Crippen LogP contribution < -0.4 is 14.8 Å². The largest absolute Gasteiger partial charge is 0.490 e. The lowest BCUT2D eigenvalue weighted by Crippen LogP contribution is -2.27. The van der Waals surface area contributed by atoms with E-state index in [-0.39, 0.29) is 24.3 Å². The summed E-state index contributed by atoms with van der Waals surface area (Å²) in [4.78, 5) is 39.6. The van der Waals surface area contributed by atoms with Crippen molar-refractivity contribution in [1.29, 1.82) is 0 Å². The number of benzene rings is 3. The van der Waals surface area contributed by atoms with E-state index in [4.69, 9.17) is 21.1 Å². The number of imide groups is 1. The Morgan fingerprint density at radius 3 is 2.53 bits per heavy atom. The van der Waals surface area contributed by atoms with Gasteiger partial charge in [0, 0.05) is 4.47 Å². The Balaban J connectivity index is 1.50. The minimum Gasteiger partial charge on any atom is -0.490 e. The number of hydrogen-bond donors (Lipinski definition) is 1. The fourth-order valence-corrected chi connectivity index (χ4v) is 5.55. The molecule has 196 valence electrons. The van der Waals surface area contributed by atoms with E-state index in [0.717, 1.165) is 21.8 Å². The lowest BCUT2D eigenvalue weighted by molar-refractivity contribution is -0.123. The topological polar surface area (TPSA) is 84.9 Å². The summed E-state index contributed by atoms with van der Waals surface area (Å²) < 4.78 is 12.9. The van der Waals surface area contributed by atoms with Gasteiger partial charge in [0.1, 0.15) is 0 Å². The van der Waals surface area contributed by atoms with Gasteiger partial charge in [-0.05, 0) is 82.2 Å². The lowest BCUT2D eigenvalue weighted by Gasteiger charge is -2.15. The smallest absolute Gasteiger partial charge is 0.293 e. The molecule has 0 aromatic heterocycles. The summed E-state index contributed by atoms with van der Waals surface area (Å²) in [7, 11) is 0. The number of hydrogen-bond acceptors (Lipinski definition) is 6. The highest BCUT2D eigenvalue weighted by atomic mass is 79.9. The fourth-order valence-electron chi connectivity index (χ4n) is 3.55. The molecule has 11 heteroatoms. The first-order valence-corrected chi connectivity index (χ1v) is 14.2. The van der Waals surface area contributed by atoms with Crippen LogP contribution in [-0.2, 0) is 16.1 Å². The second-order valence-corrected chi connectivity index (χ2v) is 11.0. The second kappa shape index (κ2) is 12.8. The van der Waals surface area contributed by atoms with Crippen molar-refractivity contribution in [2.75, 3.05) is 18.5 Å². The van der Waals surface area contributed by atoms with Gasteiger partial charge in [0.05, 0.1) is 33.2 Å². The Morgan fingerprint density at radius 2 is 1.79 bits per heavy atom. The third-order valence-electron chi connectivity index (χ3n) is 5.28. The Labute approximate surface area is 245 Å². The third-order valence-corrected chi connectivity index (χ3v) is 7.88. The Morgan fingerprint density at radius 1 is 1.05 bits per heavy atom. The van der Waals surface area contributed by atoms with Crippen LogP contribution in [-0.4, -0.2) is 35.2 Å². The highest BCUT2D eigenvalue weighted by Gasteiger charge is 2.35. The molecular weight excluding hydrogens is 660 g/mol. The van der Waals surface area contributed by atoms with Gasteiger partial charge in [-0.2, -0.15) is 0 Å². The molecule has 0 aliphatic carbocycles. The summed E-state index contributed by atoms with van der Waals surface area (Å²) >= 11 is 13.9. The van der Waals surface area contributed by atoms with Gasteiger partial charge in [-0.1, -0.05) is 57.9 Å². The molecule has 1 aliphatic heterocycles. The molecule has 1 N–H and O–H groups in total. The number of nitrogens with zero attached hydrogens (tertiary/aromatic N) is 1. The van der Waals surface area contributed by atoms with Crippen molar-refractivity contribution in [3.63, 3.8) is 0 Å². The summed E-state index contributed by atoms with van der Waals surface area (Å²) in [6.45, 7) is 2.06. The number of rotatable bonds is 9. The summed E-state index contributed by atoms with van der Waals surface area (Å²) in [5.74, 6) is -0.0527. The molecule has 1 heterocycles. The number of anilines is 1. The van der Waals surface area contributed by atoms with Gasteiger partial charge in [-0.15, -0.1) is 0 Å². The molecular formula is C27H21Br2ClN2O5S. The Kier molecular flexibility index (Phi) is 9.54. The van der Waals surface area contributed by atoms with E-state index in [1.807, 2.05) is 31.2 Å². The number of nitrogens with one attached hydrogen (secondary N) is 1. The molecule has 0 radical (unpaired) electrons. The van der Waals surface area contributed by atoms with Gasteiger partial charge in [0.2, 0.25) is 0 Å². The van der Waals surface area contributed by atoms with Crippen LogP contribution in [0.3, 0.4) is 0 Å². The van der Waals surface area contributed by atoms with Crippen LogP contribution in [0.4, 0.5) is 10.5 Å². The van der Waals surface area contributed by atoms with Crippen LogP contribution in [0.5, 0.6) is 11.5 Å². The fraction of sp³-hybridized carbons (Fsp3) is 0.148. The van der Waals surface area contributed by atoms with E-state index in [1.54, 1.807) is 42.5 Å². The highest BCUT2D eigenvalue weighted by Crippen LogP contribution is 2.40. The number of halogens is 3. The molecule has 4 rings (SSSR count). The van der Waals surface area contributed by atoms with Gasteiger partial charge in [-0.3, -0.25) is 19.3 Å². The van der Waals surface area contributed by atoms with Crippen molar-refractivity contribution in [3.05, 3.63) is 90.7 Å². The SMILES string of the molecule is CCOc1cc(/C=C2\SC(=O)N(Cc3ccccc3Br)C2=O)cc(Br)c1OCC(=O)Nc1ccccc1Cl. The van der Waals surface area contributed by atoms with Gasteiger partial charge >= 0.3 is 0 Å². The molecule has 1 saturated heterocycles. The highest BCUT2D eigenvalue weighted by molar-refractivity contribution is 9.10. The quantitative estimate of drug-likeness (QED) is 0.236. The first-order chi connectivity index (χ1) is 18.3. The average molecular weight is 681 g/mol. The second-order valence-electron chi connectivity index (χ2n) is 7.94. The van der Waals surface area contributed by atoms with Crippen molar-refractivity contribution in [2.24, 2.45) is 0 Å². The molecule has 0 bridgehead atoms. The molecule has 38 heavy (non-hydrogen) atoms. The van der Waals surface area contributed by atoms with Crippen LogP contribution in [0.1, 0.15) is 18.1 Å². The van der Waals surface area contributed by atoms with Crippen LogP contribution in [0.25, 0.3) is 6.08 Å². The van der Waals surface area contributed by atoms with Gasteiger partial charge in [0.25, 0.3) is 17.1 Å². The number of carbonyl (C=O) groups is 3. The molecule has 1 aliphatic rings. The predicted molar refractivity (Wildman–Crippen MR) is 157 cm³/mol. The first-order valence-electron chi connectivity index (χ1n) is 11.4. The maximum absolute atomic E-state index is 13.0. The lowest BCUT2D eigenvalue weighted by atomic mass is 10.1. The van der Waals surface area contributed by atoms with Gasteiger partial charge in [-0.25, -0.2) is 0 Å². The summed E-state index contributed by atoms with van der Waals surface area (Å²) in [5.41, 5.74) is 1.94. The van der Waals surface area contributed by atoms with E-state index in [2.05, 4.69) is 37.2 Å². The maximum Gasteiger partial charge on any atom is 0.293 e. The Bertz CT molecular complexity index is 1430. The van der Waals surface area contributed by atoms with E-state index >= 15 is 0 Å². The molecule has 3 aromatic rings. The molecule has 0 spiro atoms. The molecule has 1 fully saturated rings. The van der Waals surface area contributed by atoms with E-state index < -0.39 is 5.91 Å². The predicted octanol–water partition coefficient (Wildman–Crippen LogP) is 7.52. The molecule has 3 aromatic carbocycles. The van der Waals surface area contributed by atoms with Crippen molar-refractivity contribution in [3.8, 4) is 11.5 Å². The number of amides is 3. The van der Waals surface area contributed by atoms with Gasteiger partial charge in [0.15, 0.2) is 18.1 Å².